The summed E-state index contributed by atoms with van der Waals surface area (Å²) < 4.78 is 28.2. The van der Waals surface area contributed by atoms with Gasteiger partial charge in [-0.25, -0.2) is 13.2 Å². The van der Waals surface area contributed by atoms with Crippen LogP contribution < -0.4 is 4.90 Å². The zero-order valence-corrected chi connectivity index (χ0v) is 12.3. The van der Waals surface area contributed by atoms with Gasteiger partial charge in [0.1, 0.15) is 0 Å². The predicted octanol–water partition coefficient (Wildman–Crippen LogP) is 2.27. The number of ether oxygens (including phenoxy) is 1. The molecular weight excluding hydrogens is 278 g/mol. The molecule has 0 aliphatic carbocycles. The highest BCUT2D eigenvalue weighted by atomic mass is 32.2. The molecule has 1 aromatic rings. The van der Waals surface area contributed by atoms with Gasteiger partial charge in [-0.05, 0) is 37.6 Å². The molecule has 0 N–H and O–H groups in total. The lowest BCUT2D eigenvalue weighted by atomic mass is 10.2. The van der Waals surface area contributed by atoms with Crippen LogP contribution in [0.5, 0.6) is 0 Å². The van der Waals surface area contributed by atoms with E-state index in [-0.39, 0.29) is 12.4 Å². The molecule has 0 spiro atoms. The van der Waals surface area contributed by atoms with Crippen LogP contribution in [0.2, 0.25) is 0 Å². The van der Waals surface area contributed by atoms with Crippen molar-refractivity contribution in [1.82, 2.24) is 0 Å². The lowest BCUT2D eigenvalue weighted by Crippen LogP contribution is -2.41. The smallest absolute Gasteiger partial charge is 0.414 e. The molecule has 1 atom stereocenters. The van der Waals surface area contributed by atoms with Crippen molar-refractivity contribution < 1.29 is 17.9 Å². The van der Waals surface area contributed by atoms with Crippen LogP contribution in [0.25, 0.3) is 0 Å². The average molecular weight is 295 g/mol. The first-order chi connectivity index (χ1) is 9.43. The molecule has 1 aliphatic rings. The van der Waals surface area contributed by atoms with Gasteiger partial charge in [0.2, 0.25) is 0 Å². The summed E-state index contributed by atoms with van der Waals surface area (Å²) in [4.78, 5) is 13.5. The number of anilines is 1. The van der Waals surface area contributed by atoms with Crippen LogP contribution in [0.3, 0.4) is 0 Å². The highest BCUT2D eigenvalue weighted by molar-refractivity contribution is 7.94. The Bertz CT molecular complexity index is 636. The highest BCUT2D eigenvalue weighted by Gasteiger charge is 2.32. The van der Waals surface area contributed by atoms with Gasteiger partial charge in [-0.1, -0.05) is 12.1 Å². The van der Waals surface area contributed by atoms with Gasteiger partial charge in [0.05, 0.1) is 18.4 Å². The van der Waals surface area contributed by atoms with Crippen molar-refractivity contribution in [3.8, 4) is 0 Å². The Morgan fingerprint density at radius 3 is 2.75 bits per heavy atom. The van der Waals surface area contributed by atoms with Gasteiger partial charge in [0.25, 0.3) is 0 Å². The number of nitrogens with zero attached hydrogens (tertiary/aromatic N) is 1. The lowest BCUT2D eigenvalue weighted by molar-refractivity contribution is 0.159. The molecule has 1 unspecified atom stereocenters. The molecule has 1 aromatic carbocycles. The van der Waals surface area contributed by atoms with E-state index in [1.807, 2.05) is 25.1 Å². The third-order valence-electron chi connectivity index (χ3n) is 2.99. The molecule has 20 heavy (non-hydrogen) atoms. The number of rotatable bonds is 3. The predicted molar refractivity (Wildman–Crippen MR) is 77.4 cm³/mol. The number of amides is 1. The zero-order valence-electron chi connectivity index (χ0n) is 11.4. The topological polar surface area (TPSA) is 63.7 Å². The quantitative estimate of drug-likeness (QED) is 0.858. The summed E-state index contributed by atoms with van der Waals surface area (Å²) in [7, 11) is -3.24. The first-order valence-corrected chi connectivity index (χ1v) is 8.08. The Labute approximate surface area is 118 Å². The Kier molecular flexibility index (Phi) is 4.13. The van der Waals surface area contributed by atoms with Crippen LogP contribution in [-0.4, -0.2) is 32.9 Å². The second-order valence-electron chi connectivity index (χ2n) is 4.63. The zero-order chi connectivity index (χ0) is 14.8. The molecule has 0 saturated carbocycles. The highest BCUT2D eigenvalue weighted by Crippen LogP contribution is 2.24. The largest absolute Gasteiger partial charge is 0.449 e. The summed E-state index contributed by atoms with van der Waals surface area (Å²) in [5.74, 6) is -0.111. The first-order valence-electron chi connectivity index (χ1n) is 6.36. The summed E-state index contributed by atoms with van der Waals surface area (Å²) in [6, 6.07) is 6.80. The number of hydrogen-bond donors (Lipinski definition) is 0. The van der Waals surface area contributed by atoms with Crippen LogP contribution in [0.15, 0.2) is 35.7 Å². The Hall–Kier alpha value is -1.82. The molecule has 6 heteroatoms. The van der Waals surface area contributed by atoms with E-state index in [1.165, 1.54) is 11.0 Å². The summed E-state index contributed by atoms with van der Waals surface area (Å²) >= 11 is 0. The van der Waals surface area contributed by atoms with Crippen LogP contribution in [0, 0.1) is 6.92 Å². The maximum absolute atomic E-state index is 12.1. The molecule has 1 aliphatic heterocycles. The number of carbonyl (C=O) groups excluding carboxylic acids is 1. The molecule has 0 aromatic heterocycles. The maximum atomic E-state index is 12.1. The average Bonchev–Trinajstić information content (AvgIpc) is 2.70. The fraction of sp³-hybridized carbons (Fsp3) is 0.357. The molecule has 2 rings (SSSR count). The van der Waals surface area contributed by atoms with E-state index in [1.54, 1.807) is 13.0 Å². The molecule has 0 fully saturated rings. The second kappa shape index (κ2) is 5.66. The number of aryl methyl sites for hydroxylation is 1. The van der Waals surface area contributed by atoms with Crippen LogP contribution in [0.1, 0.15) is 12.5 Å². The van der Waals surface area contributed by atoms with Gasteiger partial charge in [0, 0.05) is 11.1 Å². The van der Waals surface area contributed by atoms with E-state index in [9.17, 15) is 13.2 Å². The van der Waals surface area contributed by atoms with Crippen molar-refractivity contribution >= 4 is 21.6 Å². The fourth-order valence-electron chi connectivity index (χ4n) is 2.12. The van der Waals surface area contributed by atoms with E-state index >= 15 is 0 Å². The molecule has 0 radical (unpaired) electrons. The number of benzene rings is 1. The van der Waals surface area contributed by atoms with Crippen molar-refractivity contribution in [2.24, 2.45) is 0 Å². The molecule has 0 bridgehead atoms. The van der Waals surface area contributed by atoms with E-state index in [2.05, 4.69) is 0 Å². The fourth-order valence-corrected chi connectivity index (χ4v) is 3.39. The molecule has 0 saturated heterocycles. The summed E-state index contributed by atoms with van der Waals surface area (Å²) in [6.07, 6.45) is 0.985. The minimum atomic E-state index is -3.24. The van der Waals surface area contributed by atoms with Gasteiger partial charge < -0.3 is 4.74 Å². The SMILES string of the molecule is CCOC(=O)N(c1cccc(C)c1)C1C=CS(=O)(=O)C1. The summed E-state index contributed by atoms with van der Waals surface area (Å²) in [5, 5.41) is 1.15. The number of sulfone groups is 1. The van der Waals surface area contributed by atoms with E-state index < -0.39 is 22.0 Å². The lowest BCUT2D eigenvalue weighted by Gasteiger charge is -2.26. The van der Waals surface area contributed by atoms with Crippen LogP contribution in [0.4, 0.5) is 10.5 Å². The van der Waals surface area contributed by atoms with Crippen molar-refractivity contribution in [2.75, 3.05) is 17.3 Å². The van der Waals surface area contributed by atoms with Crippen molar-refractivity contribution in [3.05, 3.63) is 41.3 Å². The van der Waals surface area contributed by atoms with Gasteiger partial charge in [0.15, 0.2) is 9.84 Å². The number of carbonyl (C=O) groups is 1. The second-order valence-corrected chi connectivity index (χ2v) is 6.56. The van der Waals surface area contributed by atoms with E-state index in [4.69, 9.17) is 4.74 Å². The minimum absolute atomic E-state index is 0.111. The molecular formula is C14H17NO4S. The standard InChI is InChI=1S/C14H17NO4S/c1-3-19-14(16)15(12-6-4-5-11(2)9-12)13-7-8-20(17,18)10-13/h4-9,13H,3,10H2,1-2H3. The van der Waals surface area contributed by atoms with Gasteiger partial charge in [-0.15, -0.1) is 0 Å². The Morgan fingerprint density at radius 2 is 2.20 bits per heavy atom. The van der Waals surface area contributed by atoms with E-state index in [0.717, 1.165) is 11.0 Å². The molecule has 108 valence electrons. The van der Waals surface area contributed by atoms with Crippen LogP contribution in [-0.2, 0) is 14.6 Å². The molecule has 1 amide bonds. The Morgan fingerprint density at radius 1 is 1.45 bits per heavy atom. The van der Waals surface area contributed by atoms with Crippen molar-refractivity contribution in [1.29, 1.82) is 0 Å². The minimum Gasteiger partial charge on any atom is -0.449 e. The van der Waals surface area contributed by atoms with E-state index in [0.29, 0.717) is 5.69 Å². The van der Waals surface area contributed by atoms with Gasteiger partial charge in [-0.3, -0.25) is 4.90 Å². The summed E-state index contributed by atoms with van der Waals surface area (Å²) in [6.45, 7) is 3.87. The van der Waals surface area contributed by atoms with Gasteiger partial charge >= 0.3 is 6.09 Å². The monoisotopic (exact) mass is 295 g/mol. The van der Waals surface area contributed by atoms with Gasteiger partial charge in [-0.2, -0.15) is 0 Å². The normalized spacial score (nSPS) is 19.8. The summed E-state index contributed by atoms with van der Waals surface area (Å²) in [5.41, 5.74) is 1.62. The third-order valence-corrected chi connectivity index (χ3v) is 4.37. The number of hydrogen-bond acceptors (Lipinski definition) is 4. The Balaban J connectivity index is 2.36. The third kappa shape index (κ3) is 3.19. The van der Waals surface area contributed by atoms with Crippen molar-refractivity contribution in [2.45, 2.75) is 19.9 Å². The first kappa shape index (κ1) is 14.6. The molecule has 1 heterocycles. The maximum Gasteiger partial charge on any atom is 0.414 e. The van der Waals surface area contributed by atoms with Crippen LogP contribution >= 0.6 is 0 Å². The van der Waals surface area contributed by atoms with Crippen molar-refractivity contribution in [3.63, 3.8) is 0 Å². The molecule has 5 nitrogen and oxygen atoms in total.